The molecular formula is C15H16N2O2. The molecule has 1 aliphatic carbocycles. The lowest BCUT2D eigenvalue weighted by Crippen LogP contribution is -1.99. The first-order chi connectivity index (χ1) is 9.06. The third-order valence-electron chi connectivity index (χ3n) is 3.65. The first-order valence-electron chi connectivity index (χ1n) is 6.42. The molecule has 2 N–H and O–H groups in total. The second-order valence-corrected chi connectivity index (χ2v) is 5.25. The molecule has 4 nitrogen and oxygen atoms in total. The van der Waals surface area contributed by atoms with Gasteiger partial charge in [-0.1, -0.05) is 23.8 Å². The van der Waals surface area contributed by atoms with Crippen molar-refractivity contribution in [1.29, 1.82) is 0 Å². The summed E-state index contributed by atoms with van der Waals surface area (Å²) in [5, 5.41) is 8.97. The number of carboxylic acids is 1. The molecule has 2 aromatic rings. The van der Waals surface area contributed by atoms with E-state index < -0.39 is 5.97 Å². The average Bonchev–Trinajstić information content (AvgIpc) is 3.07. The van der Waals surface area contributed by atoms with Gasteiger partial charge in [-0.15, -0.1) is 0 Å². The summed E-state index contributed by atoms with van der Waals surface area (Å²) in [6, 6.07) is 8.18. The van der Waals surface area contributed by atoms with Gasteiger partial charge in [0.1, 0.15) is 5.82 Å². The van der Waals surface area contributed by atoms with E-state index in [0.717, 1.165) is 22.8 Å². The molecule has 0 amide bonds. The van der Waals surface area contributed by atoms with Crippen LogP contribution in [0.3, 0.4) is 0 Å². The van der Waals surface area contributed by atoms with Gasteiger partial charge in [0.05, 0.1) is 11.6 Å². The van der Waals surface area contributed by atoms with E-state index in [4.69, 9.17) is 5.11 Å². The molecule has 0 spiro atoms. The normalized spacial score (nSPS) is 21.4. The van der Waals surface area contributed by atoms with Gasteiger partial charge in [0.2, 0.25) is 0 Å². The fourth-order valence-electron chi connectivity index (χ4n) is 2.50. The highest BCUT2D eigenvalue weighted by Gasteiger charge is 2.46. The number of carboxylic acid groups (broad SMARTS) is 1. The van der Waals surface area contributed by atoms with Crippen molar-refractivity contribution in [2.24, 2.45) is 5.92 Å². The fraction of sp³-hybridized carbons (Fsp3) is 0.333. The van der Waals surface area contributed by atoms with Crippen LogP contribution in [0, 0.1) is 19.8 Å². The number of aromatic amines is 1. The number of aromatic nitrogens is 2. The lowest BCUT2D eigenvalue weighted by atomic mass is 10.1. The van der Waals surface area contributed by atoms with Gasteiger partial charge in [0.15, 0.2) is 0 Å². The molecule has 1 heterocycles. The molecule has 0 bridgehead atoms. The van der Waals surface area contributed by atoms with E-state index >= 15 is 0 Å². The molecule has 2 atom stereocenters. The molecule has 4 heteroatoms. The van der Waals surface area contributed by atoms with Gasteiger partial charge in [-0.05, 0) is 26.3 Å². The van der Waals surface area contributed by atoms with E-state index in [1.807, 2.05) is 32.0 Å². The Labute approximate surface area is 111 Å². The van der Waals surface area contributed by atoms with Crippen molar-refractivity contribution in [3.8, 4) is 11.3 Å². The van der Waals surface area contributed by atoms with Crippen LogP contribution in [-0.2, 0) is 4.79 Å². The van der Waals surface area contributed by atoms with Crippen molar-refractivity contribution in [2.75, 3.05) is 0 Å². The number of benzene rings is 1. The summed E-state index contributed by atoms with van der Waals surface area (Å²) in [7, 11) is 0. The van der Waals surface area contributed by atoms with Gasteiger partial charge in [-0.3, -0.25) is 4.79 Å². The number of nitrogens with zero attached hydrogens (tertiary/aromatic N) is 1. The van der Waals surface area contributed by atoms with Crippen molar-refractivity contribution in [3.63, 3.8) is 0 Å². The minimum atomic E-state index is -0.726. The topological polar surface area (TPSA) is 66.0 Å². The Kier molecular flexibility index (Phi) is 2.66. The van der Waals surface area contributed by atoms with Crippen LogP contribution in [0.5, 0.6) is 0 Å². The highest BCUT2D eigenvalue weighted by Crippen LogP contribution is 2.47. The van der Waals surface area contributed by atoms with Crippen LogP contribution in [0.25, 0.3) is 11.3 Å². The SMILES string of the molecule is Cc1cccc(-c2nc(C3CC3C(=O)O)[nH]c2C)c1. The van der Waals surface area contributed by atoms with E-state index in [2.05, 4.69) is 16.0 Å². The third-order valence-corrected chi connectivity index (χ3v) is 3.65. The predicted molar refractivity (Wildman–Crippen MR) is 72.0 cm³/mol. The first-order valence-corrected chi connectivity index (χ1v) is 6.42. The number of H-pyrrole nitrogens is 1. The van der Waals surface area contributed by atoms with Gasteiger partial charge in [-0.25, -0.2) is 4.98 Å². The van der Waals surface area contributed by atoms with Gasteiger partial charge in [-0.2, -0.15) is 0 Å². The maximum atomic E-state index is 10.9. The van der Waals surface area contributed by atoms with Crippen molar-refractivity contribution in [1.82, 2.24) is 9.97 Å². The van der Waals surface area contributed by atoms with Crippen LogP contribution < -0.4 is 0 Å². The third kappa shape index (κ3) is 2.14. The molecule has 19 heavy (non-hydrogen) atoms. The van der Waals surface area contributed by atoms with Crippen LogP contribution >= 0.6 is 0 Å². The number of aryl methyl sites for hydroxylation is 2. The lowest BCUT2D eigenvalue weighted by Gasteiger charge is -1.99. The smallest absolute Gasteiger partial charge is 0.307 e. The van der Waals surface area contributed by atoms with Gasteiger partial charge < -0.3 is 10.1 Å². The Bertz CT molecular complexity index is 645. The molecule has 0 radical (unpaired) electrons. The molecule has 1 saturated carbocycles. The summed E-state index contributed by atoms with van der Waals surface area (Å²) in [5.74, 6) is -0.136. The predicted octanol–water partition coefficient (Wildman–Crippen LogP) is 2.88. The van der Waals surface area contributed by atoms with Gasteiger partial charge in [0.25, 0.3) is 0 Å². The molecule has 0 saturated heterocycles. The highest BCUT2D eigenvalue weighted by molar-refractivity contribution is 5.75. The largest absolute Gasteiger partial charge is 0.481 e. The zero-order valence-electron chi connectivity index (χ0n) is 11.0. The van der Waals surface area contributed by atoms with Crippen molar-refractivity contribution >= 4 is 5.97 Å². The van der Waals surface area contributed by atoms with Crippen molar-refractivity contribution in [2.45, 2.75) is 26.2 Å². The van der Waals surface area contributed by atoms with Gasteiger partial charge >= 0.3 is 5.97 Å². The average molecular weight is 256 g/mol. The number of rotatable bonds is 3. The minimum absolute atomic E-state index is 0.0507. The van der Waals surface area contributed by atoms with E-state index in [1.54, 1.807) is 0 Å². The second kappa shape index (κ2) is 4.23. The van der Waals surface area contributed by atoms with Gasteiger partial charge in [0, 0.05) is 17.2 Å². The number of hydrogen-bond acceptors (Lipinski definition) is 2. The molecule has 0 aliphatic heterocycles. The fourth-order valence-corrected chi connectivity index (χ4v) is 2.50. The van der Waals surface area contributed by atoms with Crippen LogP contribution in [0.15, 0.2) is 24.3 Å². The van der Waals surface area contributed by atoms with Crippen LogP contribution in [0.4, 0.5) is 0 Å². The summed E-state index contributed by atoms with van der Waals surface area (Å²) >= 11 is 0. The zero-order chi connectivity index (χ0) is 13.6. The van der Waals surface area contributed by atoms with E-state index in [-0.39, 0.29) is 11.8 Å². The molecule has 2 unspecified atom stereocenters. The highest BCUT2D eigenvalue weighted by atomic mass is 16.4. The monoisotopic (exact) mass is 256 g/mol. The Morgan fingerprint density at radius 3 is 2.84 bits per heavy atom. The maximum Gasteiger partial charge on any atom is 0.307 e. The standard InChI is InChI=1S/C15H16N2O2/c1-8-4-3-5-10(6-8)13-9(2)16-14(17-13)11-7-12(11)15(18)19/h3-6,11-12H,7H2,1-2H3,(H,16,17)(H,18,19). The minimum Gasteiger partial charge on any atom is -0.481 e. The van der Waals surface area contributed by atoms with Crippen molar-refractivity contribution in [3.05, 3.63) is 41.3 Å². The van der Waals surface area contributed by atoms with Crippen molar-refractivity contribution < 1.29 is 9.90 Å². The number of imidazole rings is 1. The molecule has 1 fully saturated rings. The molecule has 1 aromatic heterocycles. The number of aliphatic carboxylic acids is 1. The number of carbonyl (C=O) groups is 1. The zero-order valence-corrected chi connectivity index (χ0v) is 11.0. The maximum absolute atomic E-state index is 10.9. The van der Waals surface area contributed by atoms with Crippen LogP contribution in [-0.4, -0.2) is 21.0 Å². The van der Waals surface area contributed by atoms with E-state index in [9.17, 15) is 4.79 Å². The molecular weight excluding hydrogens is 240 g/mol. The Morgan fingerprint density at radius 2 is 2.21 bits per heavy atom. The quantitative estimate of drug-likeness (QED) is 0.887. The summed E-state index contributed by atoms with van der Waals surface area (Å²) in [5.41, 5.74) is 4.19. The van der Waals surface area contributed by atoms with Crippen LogP contribution in [0.2, 0.25) is 0 Å². The Balaban J connectivity index is 1.92. The molecule has 1 aromatic carbocycles. The summed E-state index contributed by atoms with van der Waals surface area (Å²) in [4.78, 5) is 18.7. The number of nitrogens with one attached hydrogen (secondary N) is 1. The Morgan fingerprint density at radius 1 is 1.42 bits per heavy atom. The molecule has 98 valence electrons. The Hall–Kier alpha value is -2.10. The first kappa shape index (κ1) is 12.0. The summed E-state index contributed by atoms with van der Waals surface area (Å²) in [6.45, 7) is 4.03. The van der Waals surface area contributed by atoms with E-state index in [0.29, 0.717) is 6.42 Å². The lowest BCUT2D eigenvalue weighted by molar-refractivity contribution is -0.138. The van der Waals surface area contributed by atoms with Crippen LogP contribution in [0.1, 0.15) is 29.4 Å². The van der Waals surface area contributed by atoms with E-state index in [1.165, 1.54) is 5.56 Å². The summed E-state index contributed by atoms with van der Waals surface area (Å²) < 4.78 is 0. The second-order valence-electron chi connectivity index (χ2n) is 5.25. The summed E-state index contributed by atoms with van der Waals surface area (Å²) in [6.07, 6.45) is 0.690. The molecule has 3 rings (SSSR count). The molecule has 1 aliphatic rings. The number of hydrogen-bond donors (Lipinski definition) is 2.